The van der Waals surface area contributed by atoms with Crippen molar-refractivity contribution in [2.24, 2.45) is 23.3 Å². The van der Waals surface area contributed by atoms with Gasteiger partial charge in [-0.25, -0.2) is 0 Å². The predicted molar refractivity (Wildman–Crippen MR) is 235 cm³/mol. The second-order valence-corrected chi connectivity index (χ2v) is 16.7. The van der Waals surface area contributed by atoms with E-state index in [-0.39, 0.29) is 5.91 Å². The zero-order valence-electron chi connectivity index (χ0n) is 36.2. The second kappa shape index (κ2) is 40.0. The first-order valence-electron chi connectivity index (χ1n) is 23.8. The first kappa shape index (κ1) is 50.8. The van der Waals surface area contributed by atoms with Crippen molar-refractivity contribution in [3.8, 4) is 0 Å². The van der Waals surface area contributed by atoms with Gasteiger partial charge in [0.15, 0.2) is 0 Å². The number of rotatable bonds is 41. The van der Waals surface area contributed by atoms with E-state index in [0.717, 1.165) is 52.0 Å². The average Bonchev–Trinajstić information content (AvgIpc) is 3.59. The van der Waals surface area contributed by atoms with E-state index in [9.17, 15) is 4.79 Å². The largest absolute Gasteiger partial charge is 0.381 e. The molecule has 0 radical (unpaired) electrons. The topological polar surface area (TPSA) is 90.8 Å². The van der Waals surface area contributed by atoms with E-state index in [1.54, 1.807) is 0 Å². The highest BCUT2D eigenvalue weighted by atomic mass is 16.5. The van der Waals surface area contributed by atoms with Gasteiger partial charge in [0.25, 0.3) is 0 Å². The van der Waals surface area contributed by atoms with Gasteiger partial charge in [0.1, 0.15) is 0 Å². The number of nitrogens with zero attached hydrogens (tertiary/aromatic N) is 1. The van der Waals surface area contributed by atoms with Crippen LogP contribution in [0.5, 0.6) is 0 Å². The number of hydrogen-bond donors (Lipinski definition) is 2. The summed E-state index contributed by atoms with van der Waals surface area (Å²) in [7, 11) is 0. The van der Waals surface area contributed by atoms with Gasteiger partial charge in [-0.15, -0.1) is 0 Å². The van der Waals surface area contributed by atoms with Gasteiger partial charge in [0, 0.05) is 38.1 Å². The molecule has 1 fully saturated rings. The third-order valence-corrected chi connectivity index (χ3v) is 11.4. The highest BCUT2D eigenvalue weighted by molar-refractivity contribution is 5.81. The van der Waals surface area contributed by atoms with Gasteiger partial charge >= 0.3 is 0 Å². The third-order valence-electron chi connectivity index (χ3n) is 11.4. The number of amides is 1. The molecule has 3 atom stereocenters. The summed E-state index contributed by atoms with van der Waals surface area (Å²) in [6.07, 6.45) is 49.0. The van der Waals surface area contributed by atoms with Crippen LogP contribution in [0.1, 0.15) is 213 Å². The molecule has 1 aliphatic rings. The van der Waals surface area contributed by atoms with Crippen molar-refractivity contribution in [3.63, 3.8) is 0 Å². The first-order valence-corrected chi connectivity index (χ1v) is 23.8. The van der Waals surface area contributed by atoms with Crippen molar-refractivity contribution in [1.29, 1.82) is 0 Å². The lowest BCUT2D eigenvalue weighted by molar-refractivity contribution is -0.132. The molecule has 0 aromatic rings. The van der Waals surface area contributed by atoms with Crippen molar-refractivity contribution in [2.75, 3.05) is 46.1 Å². The molecule has 1 unspecified atom stereocenters. The fourth-order valence-electron chi connectivity index (χ4n) is 7.74. The van der Waals surface area contributed by atoms with Crippen LogP contribution >= 0.6 is 0 Å². The van der Waals surface area contributed by atoms with E-state index in [2.05, 4.69) is 38.2 Å². The van der Waals surface area contributed by atoms with Gasteiger partial charge in [-0.2, -0.15) is 0 Å². The van der Waals surface area contributed by atoms with E-state index >= 15 is 0 Å². The Labute approximate surface area is 336 Å². The van der Waals surface area contributed by atoms with Crippen molar-refractivity contribution >= 4 is 5.91 Å². The Kier molecular flexibility index (Phi) is 37.6. The molecule has 54 heavy (non-hydrogen) atoms. The van der Waals surface area contributed by atoms with Gasteiger partial charge in [-0.3, -0.25) is 4.79 Å². The van der Waals surface area contributed by atoms with E-state index < -0.39 is 6.04 Å². The second-order valence-electron chi connectivity index (χ2n) is 16.7. The number of ether oxygens (including phenoxy) is 2. The molecule has 318 valence electrons. The lowest BCUT2D eigenvalue weighted by Gasteiger charge is -2.21. The van der Waals surface area contributed by atoms with Crippen LogP contribution in [-0.2, 0) is 14.3 Å². The number of likely N-dealkylation sites (tertiary alicyclic amines) is 1. The molecule has 0 spiro atoms. The van der Waals surface area contributed by atoms with Crippen molar-refractivity contribution in [2.45, 2.75) is 219 Å². The molecule has 1 rings (SSSR count). The minimum atomic E-state index is -0.431. The molecular weight excluding hydrogens is 667 g/mol. The smallest absolute Gasteiger partial charge is 0.239 e. The van der Waals surface area contributed by atoms with Crippen LogP contribution in [0, 0.1) is 11.8 Å². The summed E-state index contributed by atoms with van der Waals surface area (Å²) >= 11 is 0. The molecule has 1 amide bonds. The summed E-state index contributed by atoms with van der Waals surface area (Å²) in [5.74, 6) is 0.722. The van der Waals surface area contributed by atoms with E-state index in [4.69, 9.17) is 20.9 Å². The van der Waals surface area contributed by atoms with E-state index in [0.29, 0.717) is 38.0 Å². The Morgan fingerprint density at radius 2 is 0.889 bits per heavy atom. The molecule has 6 heteroatoms. The lowest BCUT2D eigenvalue weighted by Crippen LogP contribution is -2.43. The molecular formula is C48H93N3O3. The fraction of sp³-hybridized carbons (Fsp3) is 0.896. The molecule has 1 heterocycles. The molecule has 4 N–H and O–H groups in total. The van der Waals surface area contributed by atoms with Gasteiger partial charge < -0.3 is 25.8 Å². The number of unbranched alkanes of at least 4 members (excludes halogenated alkanes) is 25. The highest BCUT2D eigenvalue weighted by Gasteiger charge is 2.36. The molecule has 0 aromatic heterocycles. The maximum absolute atomic E-state index is 13.2. The maximum atomic E-state index is 13.2. The van der Waals surface area contributed by atoms with Crippen LogP contribution in [0.25, 0.3) is 0 Å². The zero-order chi connectivity index (χ0) is 39.0. The Morgan fingerprint density at radius 3 is 1.26 bits per heavy atom. The number of nitrogens with two attached hydrogens (primary N) is 2. The molecule has 1 aliphatic heterocycles. The normalized spacial score (nSPS) is 16.8. The maximum Gasteiger partial charge on any atom is 0.239 e. The number of carbonyl (C=O) groups excluding carboxylic acids is 1. The standard InChI is InChI=1S/C48H93N3O3/c1-3-5-7-9-11-13-15-17-19-21-23-25-27-29-31-35-39-53-43-45-41-51(48(52)47(50)37-33-34-38-49)42-46(45)44-54-40-36-32-30-28-26-24-22-20-18-16-14-12-10-8-6-4-2/h17-20,45-47H,3-16,21-44,49-50H2,1-2H3/t45-,46?,47-/m0/s1. The summed E-state index contributed by atoms with van der Waals surface area (Å²) in [5.41, 5.74) is 12.0. The van der Waals surface area contributed by atoms with E-state index in [1.165, 1.54) is 167 Å². The molecule has 6 nitrogen and oxygen atoms in total. The summed E-state index contributed by atoms with van der Waals surface area (Å²) in [5, 5.41) is 0. The molecule has 0 saturated carbocycles. The molecule has 0 aromatic carbocycles. The summed E-state index contributed by atoms with van der Waals surface area (Å²) in [6, 6.07) is -0.431. The Balaban J connectivity index is 2.18. The van der Waals surface area contributed by atoms with Crippen LogP contribution in [0.2, 0.25) is 0 Å². The zero-order valence-corrected chi connectivity index (χ0v) is 36.2. The first-order chi connectivity index (χ1) is 26.6. The lowest BCUT2D eigenvalue weighted by atomic mass is 9.98. The summed E-state index contributed by atoms with van der Waals surface area (Å²) in [6.45, 7) is 9.73. The van der Waals surface area contributed by atoms with Crippen molar-refractivity contribution in [1.82, 2.24) is 4.90 Å². The Hall–Kier alpha value is -1.21. The number of hydrogen-bond acceptors (Lipinski definition) is 5. The van der Waals surface area contributed by atoms with Crippen molar-refractivity contribution in [3.05, 3.63) is 24.3 Å². The van der Waals surface area contributed by atoms with Gasteiger partial charge in [-0.05, 0) is 83.6 Å². The number of allylic oxidation sites excluding steroid dienone is 4. The SMILES string of the molecule is CCCCCCCCC=CCCCCCCCCOCC1CN(C(=O)[C@@H](N)CCCCN)C[C@H]1COCCCCCCCCC=CCCCCCCCC. The predicted octanol–water partition coefficient (Wildman–Crippen LogP) is 12.6. The fourth-order valence-corrected chi connectivity index (χ4v) is 7.74. The van der Waals surface area contributed by atoms with Crippen molar-refractivity contribution < 1.29 is 14.3 Å². The van der Waals surface area contributed by atoms with Crippen LogP contribution in [0.15, 0.2) is 24.3 Å². The third kappa shape index (κ3) is 30.9. The van der Waals surface area contributed by atoms with Crippen LogP contribution in [0.3, 0.4) is 0 Å². The van der Waals surface area contributed by atoms with Gasteiger partial charge in [0.05, 0.1) is 19.3 Å². The Morgan fingerprint density at radius 1 is 0.537 bits per heavy atom. The highest BCUT2D eigenvalue weighted by Crippen LogP contribution is 2.26. The quantitative estimate of drug-likeness (QED) is 0.0478. The number of carbonyl (C=O) groups is 1. The van der Waals surface area contributed by atoms with Crippen LogP contribution in [-0.4, -0.2) is 62.9 Å². The summed E-state index contributed by atoms with van der Waals surface area (Å²) in [4.78, 5) is 15.2. The average molecular weight is 760 g/mol. The minimum Gasteiger partial charge on any atom is -0.381 e. The Bertz CT molecular complexity index is 795. The molecule has 0 bridgehead atoms. The molecule has 0 aliphatic carbocycles. The van der Waals surface area contributed by atoms with Gasteiger partial charge in [0.2, 0.25) is 5.91 Å². The monoisotopic (exact) mass is 760 g/mol. The summed E-state index contributed by atoms with van der Waals surface area (Å²) < 4.78 is 12.4. The molecule has 1 saturated heterocycles. The van der Waals surface area contributed by atoms with E-state index in [1.807, 2.05) is 4.90 Å². The minimum absolute atomic E-state index is 0.0844. The van der Waals surface area contributed by atoms with Crippen LogP contribution in [0.4, 0.5) is 0 Å². The van der Waals surface area contributed by atoms with Crippen LogP contribution < -0.4 is 11.5 Å². The van der Waals surface area contributed by atoms with Gasteiger partial charge in [-0.1, -0.05) is 160 Å².